The second-order valence-electron chi connectivity index (χ2n) is 6.46. The van der Waals surface area contributed by atoms with Crippen LogP contribution in [0.4, 0.5) is 5.69 Å². The Balaban J connectivity index is 1.38. The van der Waals surface area contributed by atoms with E-state index in [1.165, 1.54) is 0 Å². The van der Waals surface area contributed by atoms with Gasteiger partial charge in [0.1, 0.15) is 0 Å². The first-order chi connectivity index (χ1) is 12.2. The normalized spacial score (nSPS) is 18.9. The number of anilines is 1. The molecule has 0 spiro atoms. The van der Waals surface area contributed by atoms with E-state index >= 15 is 0 Å². The molecule has 2 N–H and O–H groups in total. The van der Waals surface area contributed by atoms with Crippen LogP contribution >= 0.6 is 0 Å². The molecule has 0 bridgehead atoms. The number of rotatable bonds is 4. The number of nitrogens with one attached hydrogen (secondary N) is 2. The fourth-order valence-electron chi connectivity index (χ4n) is 3.29. The van der Waals surface area contributed by atoms with Crippen molar-refractivity contribution in [2.75, 3.05) is 70.3 Å². The lowest BCUT2D eigenvalue weighted by Gasteiger charge is -2.35. The molecule has 0 aliphatic carbocycles. The number of nitrogens with zero attached hydrogens (tertiary/aromatic N) is 3. The number of para-hydroxylation sites is 1. The first kappa shape index (κ1) is 17.7. The largest absolute Gasteiger partial charge is 0.368 e. The highest BCUT2D eigenvalue weighted by atomic mass is 16.2. The van der Waals surface area contributed by atoms with Gasteiger partial charge in [0.2, 0.25) is 0 Å². The highest BCUT2D eigenvalue weighted by Crippen LogP contribution is 2.15. The molecule has 1 aromatic carbocycles. The highest BCUT2D eigenvalue weighted by molar-refractivity contribution is 6.35. The topological polar surface area (TPSA) is 67.9 Å². The van der Waals surface area contributed by atoms with Crippen LogP contribution < -0.4 is 15.5 Å². The van der Waals surface area contributed by atoms with Crippen molar-refractivity contribution in [3.8, 4) is 0 Å². The fraction of sp³-hybridized carbons (Fsp3) is 0.556. The Hall–Kier alpha value is -2.12. The van der Waals surface area contributed by atoms with Gasteiger partial charge in [0.25, 0.3) is 0 Å². The first-order valence-corrected chi connectivity index (χ1v) is 9.04. The van der Waals surface area contributed by atoms with Crippen LogP contribution in [-0.2, 0) is 9.59 Å². The molecule has 0 saturated carbocycles. The lowest BCUT2D eigenvalue weighted by atomic mass is 10.2. The minimum Gasteiger partial charge on any atom is -0.368 e. The van der Waals surface area contributed by atoms with E-state index in [1.54, 1.807) is 4.90 Å². The third-order valence-electron chi connectivity index (χ3n) is 4.81. The molecule has 7 nitrogen and oxygen atoms in total. The van der Waals surface area contributed by atoms with E-state index in [2.05, 4.69) is 32.6 Å². The lowest BCUT2D eigenvalue weighted by molar-refractivity contribution is -0.146. The predicted molar refractivity (Wildman–Crippen MR) is 97.6 cm³/mol. The molecule has 2 heterocycles. The molecule has 0 atom stereocenters. The maximum atomic E-state index is 12.3. The summed E-state index contributed by atoms with van der Waals surface area (Å²) >= 11 is 0. The molecule has 1 aromatic rings. The van der Waals surface area contributed by atoms with Gasteiger partial charge >= 0.3 is 11.8 Å². The molecule has 0 radical (unpaired) electrons. The summed E-state index contributed by atoms with van der Waals surface area (Å²) in [5.74, 6) is -0.892. The lowest BCUT2D eigenvalue weighted by Crippen LogP contribution is -2.53. The van der Waals surface area contributed by atoms with E-state index in [0.29, 0.717) is 19.6 Å². The van der Waals surface area contributed by atoms with Gasteiger partial charge in [-0.05, 0) is 12.1 Å². The van der Waals surface area contributed by atoms with Gasteiger partial charge < -0.3 is 20.4 Å². The summed E-state index contributed by atoms with van der Waals surface area (Å²) in [7, 11) is 0. The van der Waals surface area contributed by atoms with Gasteiger partial charge in [0.05, 0.1) is 0 Å². The van der Waals surface area contributed by atoms with Gasteiger partial charge in [-0.15, -0.1) is 0 Å². The van der Waals surface area contributed by atoms with Crippen molar-refractivity contribution < 1.29 is 9.59 Å². The Morgan fingerprint density at radius 2 is 1.64 bits per heavy atom. The number of carbonyl (C=O) groups is 2. The van der Waals surface area contributed by atoms with Crippen molar-refractivity contribution in [2.24, 2.45) is 0 Å². The SMILES string of the molecule is O=C(NCCN1CCNCC1)C(=O)N1CCN(c2ccccc2)CC1. The second-order valence-corrected chi connectivity index (χ2v) is 6.46. The van der Waals surface area contributed by atoms with Crippen molar-refractivity contribution in [3.05, 3.63) is 30.3 Å². The van der Waals surface area contributed by atoms with Crippen LogP contribution in [0.2, 0.25) is 0 Å². The third-order valence-corrected chi connectivity index (χ3v) is 4.81. The number of hydrogen-bond donors (Lipinski definition) is 2. The van der Waals surface area contributed by atoms with Gasteiger partial charge in [-0.1, -0.05) is 18.2 Å². The van der Waals surface area contributed by atoms with E-state index in [1.807, 2.05) is 18.2 Å². The molecule has 136 valence electrons. The number of benzene rings is 1. The Bertz CT molecular complexity index is 566. The van der Waals surface area contributed by atoms with E-state index in [9.17, 15) is 9.59 Å². The number of carbonyl (C=O) groups excluding carboxylic acids is 2. The predicted octanol–water partition coefficient (Wildman–Crippen LogP) is -0.643. The quantitative estimate of drug-likeness (QED) is 0.711. The molecular weight excluding hydrogens is 318 g/mol. The van der Waals surface area contributed by atoms with Gasteiger partial charge in [0.15, 0.2) is 0 Å². The smallest absolute Gasteiger partial charge is 0.312 e. The summed E-state index contributed by atoms with van der Waals surface area (Å²) in [6, 6.07) is 10.2. The van der Waals surface area contributed by atoms with E-state index in [-0.39, 0.29) is 0 Å². The van der Waals surface area contributed by atoms with Gasteiger partial charge in [0, 0.05) is 71.1 Å². The van der Waals surface area contributed by atoms with E-state index in [0.717, 1.165) is 51.5 Å². The van der Waals surface area contributed by atoms with E-state index in [4.69, 9.17) is 0 Å². The average Bonchev–Trinajstić information content (AvgIpc) is 2.69. The van der Waals surface area contributed by atoms with Gasteiger partial charge in [-0.2, -0.15) is 0 Å². The molecule has 0 aromatic heterocycles. The Labute approximate surface area is 149 Å². The van der Waals surface area contributed by atoms with Gasteiger partial charge in [-0.3, -0.25) is 14.5 Å². The van der Waals surface area contributed by atoms with Crippen LogP contribution in [0.5, 0.6) is 0 Å². The summed E-state index contributed by atoms with van der Waals surface area (Å²) in [5.41, 5.74) is 1.16. The highest BCUT2D eigenvalue weighted by Gasteiger charge is 2.26. The molecule has 25 heavy (non-hydrogen) atoms. The molecular formula is C18H27N5O2. The average molecular weight is 345 g/mol. The van der Waals surface area contributed by atoms with Gasteiger partial charge in [-0.25, -0.2) is 0 Å². The maximum absolute atomic E-state index is 12.3. The molecule has 2 saturated heterocycles. The fourth-order valence-corrected chi connectivity index (χ4v) is 3.29. The Morgan fingerprint density at radius 1 is 0.960 bits per heavy atom. The molecule has 0 unspecified atom stereocenters. The zero-order chi connectivity index (χ0) is 17.5. The standard InChI is InChI=1S/C18H27N5O2/c24-17(20-8-11-21-9-6-19-7-10-21)18(25)23-14-12-22(13-15-23)16-4-2-1-3-5-16/h1-5,19H,6-15H2,(H,20,24). The van der Waals surface area contributed by atoms with Crippen LogP contribution in [0.3, 0.4) is 0 Å². The summed E-state index contributed by atoms with van der Waals surface area (Å²) in [5, 5.41) is 6.06. The third kappa shape index (κ3) is 4.93. The van der Waals surface area contributed by atoms with Crippen molar-refractivity contribution >= 4 is 17.5 Å². The number of amides is 2. The summed E-state index contributed by atoms with van der Waals surface area (Å²) in [6.45, 7) is 7.94. The zero-order valence-corrected chi connectivity index (χ0v) is 14.6. The molecule has 3 rings (SSSR count). The van der Waals surface area contributed by atoms with E-state index < -0.39 is 11.8 Å². The Morgan fingerprint density at radius 3 is 2.32 bits per heavy atom. The van der Waals surface area contributed by atoms with Crippen molar-refractivity contribution in [3.63, 3.8) is 0 Å². The van der Waals surface area contributed by atoms with Crippen LogP contribution in [0.25, 0.3) is 0 Å². The summed E-state index contributed by atoms with van der Waals surface area (Å²) < 4.78 is 0. The van der Waals surface area contributed by atoms with Crippen molar-refractivity contribution in [2.45, 2.75) is 0 Å². The monoisotopic (exact) mass is 345 g/mol. The minimum absolute atomic E-state index is 0.409. The second kappa shape index (κ2) is 8.82. The van der Waals surface area contributed by atoms with Crippen LogP contribution in [-0.4, -0.2) is 87.1 Å². The van der Waals surface area contributed by atoms with Crippen molar-refractivity contribution in [1.29, 1.82) is 0 Å². The molecule has 2 aliphatic rings. The Kier molecular flexibility index (Phi) is 6.25. The summed E-state index contributed by atoms with van der Waals surface area (Å²) in [4.78, 5) is 30.6. The molecule has 2 fully saturated rings. The first-order valence-electron chi connectivity index (χ1n) is 9.04. The summed E-state index contributed by atoms with van der Waals surface area (Å²) in [6.07, 6.45) is 0. The number of piperazine rings is 2. The number of hydrogen-bond acceptors (Lipinski definition) is 5. The molecule has 2 aliphatic heterocycles. The van der Waals surface area contributed by atoms with Crippen LogP contribution in [0, 0.1) is 0 Å². The van der Waals surface area contributed by atoms with Crippen LogP contribution in [0.15, 0.2) is 30.3 Å². The minimum atomic E-state index is -0.483. The zero-order valence-electron chi connectivity index (χ0n) is 14.6. The molecule has 7 heteroatoms. The van der Waals surface area contributed by atoms with Crippen molar-refractivity contribution in [1.82, 2.24) is 20.4 Å². The van der Waals surface area contributed by atoms with Crippen LogP contribution in [0.1, 0.15) is 0 Å². The molecule has 2 amide bonds. The maximum Gasteiger partial charge on any atom is 0.312 e.